The lowest BCUT2D eigenvalue weighted by atomic mass is 9.76. The number of carbonyl (C=O) groups is 2. The van der Waals surface area contributed by atoms with Crippen LogP contribution in [-0.2, 0) is 9.59 Å². The summed E-state index contributed by atoms with van der Waals surface area (Å²) in [5.41, 5.74) is 1.83. The first kappa shape index (κ1) is 18.5. The molecule has 0 aromatic heterocycles. The number of aryl methyl sites for hydroxylation is 2. The standard InChI is InChI=1S/C19H28N2O3/c1-6-20(5)11-10-19(18(23)24)12-21(17(22)15(19)4)16-13(2)8-7-9-14(16)3/h7-9,15H,6,10-12H2,1-5H3,(H,23,24)/t15-,19+/m1/s1. The SMILES string of the molecule is CCN(C)CC[C@]1(C(=O)O)CN(c2c(C)cccc2C)C(=O)[C@H]1C. The van der Waals surface area contributed by atoms with Gasteiger partial charge in [-0.05, 0) is 51.5 Å². The van der Waals surface area contributed by atoms with Crippen molar-refractivity contribution in [2.24, 2.45) is 11.3 Å². The van der Waals surface area contributed by atoms with Gasteiger partial charge in [-0.15, -0.1) is 0 Å². The summed E-state index contributed by atoms with van der Waals surface area (Å²) in [6.07, 6.45) is 0.473. The van der Waals surface area contributed by atoms with Crippen LogP contribution in [0.5, 0.6) is 0 Å². The molecular weight excluding hydrogens is 304 g/mol. The van der Waals surface area contributed by atoms with E-state index in [2.05, 4.69) is 4.90 Å². The number of carbonyl (C=O) groups excluding carboxylic acids is 1. The third-order valence-corrected chi connectivity index (χ3v) is 5.52. The number of carboxylic acid groups (broad SMARTS) is 1. The zero-order chi connectivity index (χ0) is 18.1. The molecule has 2 atom stereocenters. The number of aliphatic carboxylic acids is 1. The van der Waals surface area contributed by atoms with Crippen molar-refractivity contribution in [1.82, 2.24) is 4.90 Å². The first-order valence-corrected chi connectivity index (χ1v) is 8.54. The summed E-state index contributed by atoms with van der Waals surface area (Å²) < 4.78 is 0. The maximum absolute atomic E-state index is 12.9. The Balaban J connectivity index is 2.39. The Morgan fingerprint density at radius 3 is 2.46 bits per heavy atom. The Morgan fingerprint density at radius 1 is 1.38 bits per heavy atom. The number of amides is 1. The number of anilines is 1. The fourth-order valence-electron chi connectivity index (χ4n) is 3.59. The van der Waals surface area contributed by atoms with Gasteiger partial charge in [0.1, 0.15) is 0 Å². The first-order chi connectivity index (χ1) is 11.2. The van der Waals surface area contributed by atoms with Gasteiger partial charge in [0, 0.05) is 12.2 Å². The van der Waals surface area contributed by atoms with Crippen LogP contribution in [0.15, 0.2) is 18.2 Å². The van der Waals surface area contributed by atoms with Gasteiger partial charge in [0.25, 0.3) is 0 Å². The van der Waals surface area contributed by atoms with Gasteiger partial charge in [-0.2, -0.15) is 0 Å². The van der Waals surface area contributed by atoms with Gasteiger partial charge in [-0.3, -0.25) is 9.59 Å². The van der Waals surface area contributed by atoms with Crippen molar-refractivity contribution in [2.75, 3.05) is 31.6 Å². The van der Waals surface area contributed by atoms with Crippen LogP contribution in [0, 0.1) is 25.2 Å². The number of hydrogen-bond donors (Lipinski definition) is 1. The Kier molecular flexibility index (Phi) is 5.33. The van der Waals surface area contributed by atoms with Gasteiger partial charge < -0.3 is 14.9 Å². The van der Waals surface area contributed by atoms with Gasteiger partial charge in [0.2, 0.25) is 5.91 Å². The molecule has 2 rings (SSSR count). The molecule has 1 saturated heterocycles. The summed E-state index contributed by atoms with van der Waals surface area (Å²) in [5.74, 6) is -1.49. The molecule has 0 aliphatic carbocycles. The van der Waals surface area contributed by atoms with E-state index in [-0.39, 0.29) is 12.5 Å². The number of nitrogens with zero attached hydrogens (tertiary/aromatic N) is 2. The molecule has 5 nitrogen and oxygen atoms in total. The molecule has 1 N–H and O–H groups in total. The Morgan fingerprint density at radius 2 is 1.96 bits per heavy atom. The van der Waals surface area contributed by atoms with Crippen LogP contribution in [0.4, 0.5) is 5.69 Å². The molecule has 1 aliphatic rings. The van der Waals surface area contributed by atoms with Crippen molar-refractivity contribution in [1.29, 1.82) is 0 Å². The Bertz CT molecular complexity index is 623. The Hall–Kier alpha value is -1.88. The molecule has 0 radical (unpaired) electrons. The highest BCUT2D eigenvalue weighted by Gasteiger charge is 2.55. The second kappa shape index (κ2) is 6.93. The second-order valence-corrected chi connectivity index (χ2v) is 6.99. The summed E-state index contributed by atoms with van der Waals surface area (Å²) in [6, 6.07) is 5.89. The quantitative estimate of drug-likeness (QED) is 0.870. The normalized spacial score (nSPS) is 24.0. The van der Waals surface area contributed by atoms with E-state index < -0.39 is 17.3 Å². The molecule has 1 fully saturated rings. The third kappa shape index (κ3) is 3.05. The Labute approximate surface area is 144 Å². The lowest BCUT2D eigenvalue weighted by Gasteiger charge is -2.29. The van der Waals surface area contributed by atoms with Crippen molar-refractivity contribution >= 4 is 17.6 Å². The van der Waals surface area contributed by atoms with Crippen LogP contribution >= 0.6 is 0 Å². The molecule has 1 heterocycles. The van der Waals surface area contributed by atoms with Gasteiger partial charge in [-0.25, -0.2) is 0 Å². The molecule has 5 heteroatoms. The highest BCUT2D eigenvalue weighted by Crippen LogP contribution is 2.43. The maximum Gasteiger partial charge on any atom is 0.312 e. The molecule has 0 saturated carbocycles. The molecular formula is C19H28N2O3. The average molecular weight is 332 g/mol. The zero-order valence-corrected chi connectivity index (χ0v) is 15.3. The van der Waals surface area contributed by atoms with Crippen molar-refractivity contribution in [3.8, 4) is 0 Å². The minimum atomic E-state index is -1.03. The van der Waals surface area contributed by atoms with Gasteiger partial charge >= 0.3 is 5.97 Å². The van der Waals surface area contributed by atoms with E-state index in [9.17, 15) is 14.7 Å². The lowest BCUT2D eigenvalue weighted by Crippen LogP contribution is -2.41. The molecule has 0 unspecified atom stereocenters. The highest BCUT2D eigenvalue weighted by atomic mass is 16.4. The summed E-state index contributed by atoms with van der Waals surface area (Å²) in [6.45, 7) is 9.50. The smallest absolute Gasteiger partial charge is 0.312 e. The molecule has 132 valence electrons. The fourth-order valence-corrected chi connectivity index (χ4v) is 3.59. The number of benzene rings is 1. The molecule has 0 spiro atoms. The number of rotatable bonds is 6. The fraction of sp³-hybridized carbons (Fsp3) is 0.579. The average Bonchev–Trinajstić information content (AvgIpc) is 2.78. The number of para-hydroxylation sites is 1. The molecule has 24 heavy (non-hydrogen) atoms. The minimum Gasteiger partial charge on any atom is -0.481 e. The van der Waals surface area contributed by atoms with Crippen molar-refractivity contribution in [2.45, 2.75) is 34.1 Å². The summed E-state index contributed by atoms with van der Waals surface area (Å²) in [4.78, 5) is 28.8. The van der Waals surface area contributed by atoms with Crippen molar-refractivity contribution in [3.63, 3.8) is 0 Å². The van der Waals surface area contributed by atoms with Gasteiger partial charge in [-0.1, -0.05) is 32.0 Å². The summed E-state index contributed by atoms with van der Waals surface area (Å²) in [5, 5.41) is 9.94. The van der Waals surface area contributed by atoms with Gasteiger partial charge in [0.05, 0.1) is 11.3 Å². The van der Waals surface area contributed by atoms with E-state index in [1.165, 1.54) is 0 Å². The van der Waals surface area contributed by atoms with Crippen LogP contribution in [0.25, 0.3) is 0 Å². The largest absolute Gasteiger partial charge is 0.481 e. The monoisotopic (exact) mass is 332 g/mol. The van der Waals surface area contributed by atoms with Crippen LogP contribution in [-0.4, -0.2) is 48.6 Å². The molecule has 1 aromatic rings. The van der Waals surface area contributed by atoms with Crippen LogP contribution in [0.1, 0.15) is 31.4 Å². The molecule has 0 bridgehead atoms. The van der Waals surface area contributed by atoms with E-state index in [0.717, 1.165) is 23.4 Å². The minimum absolute atomic E-state index is 0.0889. The second-order valence-electron chi connectivity index (χ2n) is 6.99. The molecule has 1 aliphatic heterocycles. The molecule has 1 aromatic carbocycles. The van der Waals surface area contributed by atoms with Gasteiger partial charge in [0.15, 0.2) is 0 Å². The lowest BCUT2D eigenvalue weighted by molar-refractivity contribution is -0.152. The third-order valence-electron chi connectivity index (χ3n) is 5.52. The highest BCUT2D eigenvalue weighted by molar-refractivity contribution is 6.03. The van der Waals surface area contributed by atoms with Crippen LogP contribution < -0.4 is 4.90 Å². The van der Waals surface area contributed by atoms with E-state index in [0.29, 0.717) is 13.0 Å². The van der Waals surface area contributed by atoms with Crippen LogP contribution in [0.3, 0.4) is 0 Å². The van der Waals surface area contributed by atoms with Crippen molar-refractivity contribution < 1.29 is 14.7 Å². The van der Waals surface area contributed by atoms with Crippen LogP contribution in [0.2, 0.25) is 0 Å². The topological polar surface area (TPSA) is 60.9 Å². The molecule has 1 amide bonds. The van der Waals surface area contributed by atoms with E-state index >= 15 is 0 Å². The maximum atomic E-state index is 12.9. The van der Waals surface area contributed by atoms with E-state index in [4.69, 9.17) is 0 Å². The number of carboxylic acids is 1. The van der Waals surface area contributed by atoms with E-state index in [1.807, 2.05) is 46.0 Å². The van der Waals surface area contributed by atoms with E-state index in [1.54, 1.807) is 11.8 Å². The predicted molar refractivity (Wildman–Crippen MR) is 95.3 cm³/mol. The summed E-state index contributed by atoms with van der Waals surface area (Å²) >= 11 is 0. The summed E-state index contributed by atoms with van der Waals surface area (Å²) in [7, 11) is 1.97. The zero-order valence-electron chi connectivity index (χ0n) is 15.3. The number of hydrogen-bond acceptors (Lipinski definition) is 3. The van der Waals surface area contributed by atoms with Crippen molar-refractivity contribution in [3.05, 3.63) is 29.3 Å². The predicted octanol–water partition coefficient (Wildman–Crippen LogP) is 2.70. The first-order valence-electron chi connectivity index (χ1n) is 8.54.